The zero-order valence-corrected chi connectivity index (χ0v) is 28.0. The summed E-state index contributed by atoms with van der Waals surface area (Å²) in [5.74, 6) is -0.429. The first-order valence-corrected chi connectivity index (χ1v) is 17.9. The minimum atomic E-state index is -0.526. The average molecular weight is 593 g/mol. The van der Waals surface area contributed by atoms with Gasteiger partial charge in [0, 0.05) is 19.4 Å². The van der Waals surface area contributed by atoms with Crippen LogP contribution in [0.5, 0.6) is 0 Å². The van der Waals surface area contributed by atoms with Crippen molar-refractivity contribution in [2.75, 3.05) is 19.8 Å². The molecule has 0 radical (unpaired) electrons. The molecule has 1 unspecified atom stereocenters. The van der Waals surface area contributed by atoms with E-state index in [2.05, 4.69) is 45.1 Å². The summed E-state index contributed by atoms with van der Waals surface area (Å²) in [5.41, 5.74) is 0. The Balaban J connectivity index is 4.07. The molecule has 5 heteroatoms. The first-order chi connectivity index (χ1) is 20.6. The molecule has 0 aliphatic rings. The Bertz CT molecular complexity index is 642. The molecule has 0 spiro atoms. The highest BCUT2D eigenvalue weighted by Crippen LogP contribution is 2.11. The van der Waals surface area contributed by atoms with Crippen LogP contribution < -0.4 is 0 Å². The van der Waals surface area contributed by atoms with E-state index in [0.717, 1.165) is 64.2 Å². The van der Waals surface area contributed by atoms with Crippen LogP contribution in [0.1, 0.15) is 175 Å². The van der Waals surface area contributed by atoms with Gasteiger partial charge in [-0.2, -0.15) is 0 Å². The number of ether oxygens (including phenoxy) is 3. The van der Waals surface area contributed by atoms with Gasteiger partial charge in [0.2, 0.25) is 0 Å². The van der Waals surface area contributed by atoms with Crippen molar-refractivity contribution in [1.82, 2.24) is 0 Å². The third-order valence-corrected chi connectivity index (χ3v) is 7.49. The van der Waals surface area contributed by atoms with Crippen LogP contribution in [0.4, 0.5) is 0 Å². The van der Waals surface area contributed by atoms with E-state index in [1.807, 2.05) is 0 Å². The predicted molar refractivity (Wildman–Crippen MR) is 178 cm³/mol. The van der Waals surface area contributed by atoms with Crippen LogP contribution >= 0.6 is 0 Å². The number of unbranched alkanes of at least 4 members (excludes halogenated alkanes) is 17. The first-order valence-electron chi connectivity index (χ1n) is 17.9. The lowest BCUT2D eigenvalue weighted by molar-refractivity contribution is -0.163. The number of rotatable bonds is 32. The fourth-order valence-corrected chi connectivity index (χ4v) is 4.77. The van der Waals surface area contributed by atoms with Crippen LogP contribution in [-0.2, 0) is 23.8 Å². The highest BCUT2D eigenvalue weighted by molar-refractivity contribution is 5.70. The third kappa shape index (κ3) is 31.3. The van der Waals surface area contributed by atoms with Gasteiger partial charge < -0.3 is 14.2 Å². The summed E-state index contributed by atoms with van der Waals surface area (Å²) in [5, 5.41) is 0. The second-order valence-electron chi connectivity index (χ2n) is 11.8. The summed E-state index contributed by atoms with van der Waals surface area (Å²) in [6.45, 7) is 7.66. The predicted octanol–water partition coefficient (Wildman–Crippen LogP) is 11.0. The molecule has 0 bridgehead atoms. The maximum Gasteiger partial charge on any atom is 0.306 e. The van der Waals surface area contributed by atoms with Gasteiger partial charge in [0.1, 0.15) is 6.61 Å². The standard InChI is InChI=1S/C37H68O5/c1-4-7-10-13-15-16-17-18-19-20-21-22-23-25-27-30-36(38)41-34-35(33-40-32-29-26-14-11-8-5-2)42-37(39)31-28-24-12-9-6-3/h15-16,18-19,35H,4-14,17,20-34H2,1-3H3/b16-15-,19-18-. The molecular weight excluding hydrogens is 524 g/mol. The highest BCUT2D eigenvalue weighted by atomic mass is 16.6. The molecule has 0 aromatic rings. The molecule has 0 fully saturated rings. The van der Waals surface area contributed by atoms with Crippen LogP contribution in [-0.4, -0.2) is 37.9 Å². The van der Waals surface area contributed by atoms with Crippen molar-refractivity contribution >= 4 is 11.9 Å². The maximum absolute atomic E-state index is 12.4. The van der Waals surface area contributed by atoms with Crippen molar-refractivity contribution in [3.63, 3.8) is 0 Å². The minimum absolute atomic E-state index is 0.0805. The molecule has 0 aromatic carbocycles. The minimum Gasteiger partial charge on any atom is -0.462 e. The number of hydrogen-bond donors (Lipinski definition) is 0. The molecule has 0 aromatic heterocycles. The van der Waals surface area contributed by atoms with E-state index in [9.17, 15) is 9.59 Å². The third-order valence-electron chi connectivity index (χ3n) is 7.49. The van der Waals surface area contributed by atoms with Crippen molar-refractivity contribution in [2.45, 2.75) is 181 Å². The lowest BCUT2D eigenvalue weighted by Gasteiger charge is -2.18. The van der Waals surface area contributed by atoms with Crippen LogP contribution in [0, 0.1) is 0 Å². The number of carbonyl (C=O) groups excluding carboxylic acids is 2. The molecule has 0 N–H and O–H groups in total. The Hall–Kier alpha value is -1.62. The van der Waals surface area contributed by atoms with E-state index in [4.69, 9.17) is 14.2 Å². The van der Waals surface area contributed by atoms with Crippen molar-refractivity contribution in [3.8, 4) is 0 Å². The van der Waals surface area contributed by atoms with Gasteiger partial charge in [0.05, 0.1) is 6.61 Å². The lowest BCUT2D eigenvalue weighted by atomic mass is 10.1. The van der Waals surface area contributed by atoms with E-state index in [-0.39, 0.29) is 25.2 Å². The Kier molecular flexibility index (Phi) is 32.6. The largest absolute Gasteiger partial charge is 0.462 e. The SMILES string of the molecule is CCCCC/C=C\C/C=C\CCCCCCCC(=O)OCC(COCCCCCCCC)OC(=O)CCCCCCC. The number of carbonyl (C=O) groups is 2. The van der Waals surface area contributed by atoms with Crippen molar-refractivity contribution in [1.29, 1.82) is 0 Å². The van der Waals surface area contributed by atoms with Gasteiger partial charge in [0.25, 0.3) is 0 Å². The molecule has 5 nitrogen and oxygen atoms in total. The zero-order valence-electron chi connectivity index (χ0n) is 28.0. The van der Waals surface area contributed by atoms with Gasteiger partial charge in [-0.3, -0.25) is 9.59 Å². The average Bonchev–Trinajstić information content (AvgIpc) is 2.99. The first kappa shape index (κ1) is 40.4. The van der Waals surface area contributed by atoms with Gasteiger partial charge in [-0.05, 0) is 51.4 Å². The molecule has 0 aliphatic heterocycles. The van der Waals surface area contributed by atoms with Crippen molar-refractivity contribution < 1.29 is 23.8 Å². The summed E-state index contributed by atoms with van der Waals surface area (Å²) in [6.07, 6.45) is 34.8. The number of esters is 2. The fraction of sp³-hybridized carbons (Fsp3) is 0.838. The number of allylic oxidation sites excluding steroid dienone is 4. The second kappa shape index (κ2) is 33.9. The maximum atomic E-state index is 12.4. The fourth-order valence-electron chi connectivity index (χ4n) is 4.77. The molecule has 42 heavy (non-hydrogen) atoms. The summed E-state index contributed by atoms with van der Waals surface area (Å²) in [4.78, 5) is 24.7. The van der Waals surface area contributed by atoms with Crippen molar-refractivity contribution in [3.05, 3.63) is 24.3 Å². The normalized spacial score (nSPS) is 12.4. The molecule has 0 rings (SSSR count). The molecule has 246 valence electrons. The highest BCUT2D eigenvalue weighted by Gasteiger charge is 2.17. The summed E-state index contributed by atoms with van der Waals surface area (Å²) in [6, 6.07) is 0. The van der Waals surface area contributed by atoms with Crippen LogP contribution in [0.15, 0.2) is 24.3 Å². The van der Waals surface area contributed by atoms with Crippen LogP contribution in [0.2, 0.25) is 0 Å². The van der Waals surface area contributed by atoms with Crippen LogP contribution in [0.3, 0.4) is 0 Å². The molecule has 0 saturated heterocycles. The van der Waals surface area contributed by atoms with E-state index < -0.39 is 6.10 Å². The van der Waals surface area contributed by atoms with E-state index >= 15 is 0 Å². The molecule has 0 heterocycles. The molecule has 0 saturated carbocycles. The topological polar surface area (TPSA) is 61.8 Å². The molecule has 0 aliphatic carbocycles. The lowest BCUT2D eigenvalue weighted by Crippen LogP contribution is -2.30. The Labute approximate surface area is 260 Å². The molecular formula is C37H68O5. The Morgan fingerprint density at radius 1 is 0.524 bits per heavy atom. The Morgan fingerprint density at radius 2 is 1.00 bits per heavy atom. The van der Waals surface area contributed by atoms with Gasteiger partial charge >= 0.3 is 11.9 Å². The van der Waals surface area contributed by atoms with Crippen LogP contribution in [0.25, 0.3) is 0 Å². The summed E-state index contributed by atoms with van der Waals surface area (Å²) < 4.78 is 16.9. The number of hydrogen-bond acceptors (Lipinski definition) is 5. The molecule has 1 atom stereocenters. The zero-order chi connectivity index (χ0) is 30.8. The monoisotopic (exact) mass is 593 g/mol. The summed E-state index contributed by atoms with van der Waals surface area (Å²) in [7, 11) is 0. The van der Waals surface area contributed by atoms with E-state index in [1.165, 1.54) is 77.0 Å². The van der Waals surface area contributed by atoms with Gasteiger partial charge in [0.15, 0.2) is 6.10 Å². The molecule has 0 amide bonds. The second-order valence-corrected chi connectivity index (χ2v) is 11.8. The smallest absolute Gasteiger partial charge is 0.306 e. The van der Waals surface area contributed by atoms with Crippen molar-refractivity contribution in [2.24, 2.45) is 0 Å². The van der Waals surface area contributed by atoms with E-state index in [1.54, 1.807) is 0 Å². The van der Waals surface area contributed by atoms with Gasteiger partial charge in [-0.1, -0.05) is 135 Å². The van der Waals surface area contributed by atoms with Gasteiger partial charge in [-0.25, -0.2) is 0 Å². The van der Waals surface area contributed by atoms with Gasteiger partial charge in [-0.15, -0.1) is 0 Å². The quantitative estimate of drug-likeness (QED) is 0.0442. The summed E-state index contributed by atoms with van der Waals surface area (Å²) >= 11 is 0. The van der Waals surface area contributed by atoms with E-state index in [0.29, 0.717) is 19.4 Å². The Morgan fingerprint density at radius 3 is 1.62 bits per heavy atom.